The summed E-state index contributed by atoms with van der Waals surface area (Å²) in [6.07, 6.45) is -2.66. The van der Waals surface area contributed by atoms with Crippen molar-refractivity contribution in [2.45, 2.75) is 60.6 Å². The minimum Gasteiger partial charge on any atom is -0.449 e. The largest absolute Gasteiger partial charge is 0.449 e. The molecule has 236 valence electrons. The standard InChI is InChI=1S/C27H22F12N2O2/c1-19(2,20(28)11-13-22(30,26(36,37)24(20,32)33)42-17-7-3-15(40)4-8-17)21(29)12-14-23(31,27(38,39)25(21,34)35)43-18-9-5-16(41)6-10-18/h3-14H,40-41H2,1-2H3. The first-order chi connectivity index (χ1) is 19.4. The molecule has 0 heterocycles. The fourth-order valence-electron chi connectivity index (χ4n) is 4.83. The monoisotopic (exact) mass is 634 g/mol. The van der Waals surface area contributed by atoms with Crippen LogP contribution in [0.3, 0.4) is 0 Å². The number of rotatable bonds is 6. The number of allylic oxidation sites excluding steroid dienone is 2. The molecule has 4 unspecified atom stereocenters. The van der Waals surface area contributed by atoms with Crippen molar-refractivity contribution in [3.63, 3.8) is 0 Å². The van der Waals surface area contributed by atoms with E-state index in [0.29, 0.717) is 0 Å². The SMILES string of the molecule is CC(C)(C1(F)C=CC(F)(Oc2ccc(N)cc2)C(F)(F)C1(F)F)C1(F)C=CC(F)(Oc2ccc(N)cc2)C(F)(F)C1(F)F. The fraction of sp³-hybridized carbons (Fsp3) is 0.407. The average Bonchev–Trinajstić information content (AvgIpc) is 2.90. The fourth-order valence-corrected chi connectivity index (χ4v) is 4.83. The zero-order valence-corrected chi connectivity index (χ0v) is 21.9. The van der Waals surface area contributed by atoms with Crippen molar-refractivity contribution in [2.75, 3.05) is 11.5 Å². The van der Waals surface area contributed by atoms with Crippen LogP contribution in [0.4, 0.5) is 64.1 Å². The Morgan fingerprint density at radius 1 is 0.465 bits per heavy atom. The van der Waals surface area contributed by atoms with E-state index in [1.54, 1.807) is 0 Å². The first-order valence-corrected chi connectivity index (χ1v) is 12.1. The minimum atomic E-state index is -6.45. The summed E-state index contributed by atoms with van der Waals surface area (Å²) in [5.74, 6) is -36.8. The van der Waals surface area contributed by atoms with E-state index in [2.05, 4.69) is 9.47 Å². The molecule has 0 aromatic heterocycles. The van der Waals surface area contributed by atoms with Crippen molar-refractivity contribution in [3.8, 4) is 11.5 Å². The van der Waals surface area contributed by atoms with Gasteiger partial charge >= 0.3 is 35.4 Å². The Bertz CT molecular complexity index is 1340. The van der Waals surface area contributed by atoms with Gasteiger partial charge in [0.25, 0.3) is 0 Å². The Balaban J connectivity index is 1.82. The highest BCUT2D eigenvalue weighted by molar-refractivity contribution is 5.44. The molecule has 0 spiro atoms. The van der Waals surface area contributed by atoms with E-state index in [-0.39, 0.29) is 25.2 Å². The van der Waals surface area contributed by atoms with Crippen molar-refractivity contribution >= 4 is 11.4 Å². The number of halogens is 12. The summed E-state index contributed by atoms with van der Waals surface area (Å²) in [5.41, 5.74) is -4.18. The number of nitrogen functional groups attached to an aromatic ring is 2. The molecule has 0 amide bonds. The van der Waals surface area contributed by atoms with E-state index in [0.717, 1.165) is 48.5 Å². The summed E-state index contributed by atoms with van der Waals surface area (Å²) in [4.78, 5) is 0. The number of hydrogen-bond acceptors (Lipinski definition) is 4. The second kappa shape index (κ2) is 9.14. The Morgan fingerprint density at radius 3 is 1.02 bits per heavy atom. The van der Waals surface area contributed by atoms with Gasteiger partial charge in [0.15, 0.2) is 0 Å². The molecule has 2 aromatic rings. The van der Waals surface area contributed by atoms with Gasteiger partial charge in [0, 0.05) is 11.4 Å². The molecule has 2 aliphatic carbocycles. The lowest BCUT2D eigenvalue weighted by Gasteiger charge is -2.57. The molecule has 2 aliphatic rings. The van der Waals surface area contributed by atoms with Gasteiger partial charge in [0.2, 0.25) is 11.3 Å². The highest BCUT2D eigenvalue weighted by atomic mass is 19.3. The summed E-state index contributed by atoms with van der Waals surface area (Å²) in [6, 6.07) is 7.10. The van der Waals surface area contributed by atoms with Gasteiger partial charge in [-0.3, -0.25) is 0 Å². The van der Waals surface area contributed by atoms with Gasteiger partial charge < -0.3 is 20.9 Å². The normalized spacial score (nSPS) is 34.0. The van der Waals surface area contributed by atoms with Crippen LogP contribution in [0.2, 0.25) is 0 Å². The molecular weight excluding hydrogens is 612 g/mol. The first kappa shape index (κ1) is 32.2. The van der Waals surface area contributed by atoms with Crippen LogP contribution in [0.5, 0.6) is 11.5 Å². The molecule has 4 N–H and O–H groups in total. The number of hydrogen-bond donors (Lipinski definition) is 2. The van der Waals surface area contributed by atoms with Crippen LogP contribution >= 0.6 is 0 Å². The summed E-state index contributed by atoms with van der Waals surface area (Å²) < 4.78 is 194. The number of ether oxygens (including phenoxy) is 2. The van der Waals surface area contributed by atoms with Gasteiger partial charge in [-0.25, -0.2) is 8.78 Å². The van der Waals surface area contributed by atoms with Gasteiger partial charge in [-0.05, 0) is 72.8 Å². The van der Waals surface area contributed by atoms with E-state index in [4.69, 9.17) is 11.5 Å². The Morgan fingerprint density at radius 2 is 0.744 bits per heavy atom. The van der Waals surface area contributed by atoms with Crippen LogP contribution in [0.15, 0.2) is 72.8 Å². The maximum Gasteiger partial charge on any atom is 0.385 e. The van der Waals surface area contributed by atoms with E-state index in [9.17, 15) is 0 Å². The highest BCUT2D eigenvalue weighted by Crippen LogP contribution is 2.69. The van der Waals surface area contributed by atoms with Crippen molar-refractivity contribution in [1.82, 2.24) is 0 Å². The summed E-state index contributed by atoms with van der Waals surface area (Å²) in [6.45, 7) is -0.290. The maximum absolute atomic E-state index is 16.2. The van der Waals surface area contributed by atoms with Crippen LogP contribution in [-0.4, -0.2) is 46.7 Å². The lowest BCUT2D eigenvalue weighted by Crippen LogP contribution is -2.79. The molecule has 43 heavy (non-hydrogen) atoms. The third-order valence-corrected chi connectivity index (χ3v) is 7.73. The zero-order valence-electron chi connectivity index (χ0n) is 21.9. The van der Waals surface area contributed by atoms with Gasteiger partial charge in [0.05, 0.1) is 5.41 Å². The maximum atomic E-state index is 16.2. The van der Waals surface area contributed by atoms with E-state index in [1.165, 1.54) is 0 Å². The quantitative estimate of drug-likeness (QED) is 0.194. The Labute approximate surface area is 235 Å². The molecule has 0 radical (unpaired) electrons. The predicted octanol–water partition coefficient (Wildman–Crippen LogP) is 7.76. The number of benzene rings is 2. The molecule has 4 atom stereocenters. The minimum absolute atomic E-state index is 0.0173. The smallest absolute Gasteiger partial charge is 0.385 e. The molecule has 0 aliphatic heterocycles. The van der Waals surface area contributed by atoms with Gasteiger partial charge in [-0.1, -0.05) is 13.8 Å². The lowest BCUT2D eigenvalue weighted by atomic mass is 9.56. The molecule has 0 saturated heterocycles. The van der Waals surface area contributed by atoms with Crippen molar-refractivity contribution in [2.24, 2.45) is 5.41 Å². The van der Waals surface area contributed by atoms with Crippen molar-refractivity contribution in [3.05, 3.63) is 72.8 Å². The topological polar surface area (TPSA) is 70.5 Å². The van der Waals surface area contributed by atoms with Crippen LogP contribution in [0.1, 0.15) is 13.8 Å². The van der Waals surface area contributed by atoms with Gasteiger partial charge in [-0.15, -0.1) is 0 Å². The van der Waals surface area contributed by atoms with Gasteiger partial charge in [0.1, 0.15) is 11.5 Å². The second-order valence-electron chi connectivity index (χ2n) is 10.6. The second-order valence-corrected chi connectivity index (χ2v) is 10.6. The Kier molecular flexibility index (Phi) is 6.85. The number of nitrogens with two attached hydrogens (primary N) is 2. The molecule has 0 fully saturated rings. The first-order valence-electron chi connectivity index (χ1n) is 12.1. The number of anilines is 2. The summed E-state index contributed by atoms with van der Waals surface area (Å²) in [7, 11) is 0. The number of alkyl halides is 12. The van der Waals surface area contributed by atoms with Crippen LogP contribution in [0.25, 0.3) is 0 Å². The average molecular weight is 634 g/mol. The van der Waals surface area contributed by atoms with Crippen LogP contribution in [0, 0.1) is 5.41 Å². The van der Waals surface area contributed by atoms with Crippen molar-refractivity contribution in [1.29, 1.82) is 0 Å². The summed E-state index contributed by atoms with van der Waals surface area (Å²) in [5, 5.41) is 0. The van der Waals surface area contributed by atoms with Crippen molar-refractivity contribution < 1.29 is 62.2 Å². The Hall–Kier alpha value is -3.72. The van der Waals surface area contributed by atoms with E-state index in [1.807, 2.05) is 0 Å². The molecule has 4 nitrogen and oxygen atoms in total. The zero-order chi connectivity index (χ0) is 32.7. The summed E-state index contributed by atoms with van der Waals surface area (Å²) >= 11 is 0. The third kappa shape index (κ3) is 4.00. The van der Waals surface area contributed by atoms with E-state index >= 15 is 52.7 Å². The molecule has 2 aromatic carbocycles. The van der Waals surface area contributed by atoms with Crippen LogP contribution in [-0.2, 0) is 0 Å². The molecule has 4 rings (SSSR count). The molecule has 0 bridgehead atoms. The highest BCUT2D eigenvalue weighted by Gasteiger charge is 2.91. The third-order valence-electron chi connectivity index (χ3n) is 7.73. The molecular formula is C27H22F12N2O2. The molecule has 0 saturated carbocycles. The van der Waals surface area contributed by atoms with Gasteiger partial charge in [-0.2, -0.15) is 43.9 Å². The lowest BCUT2D eigenvalue weighted by molar-refractivity contribution is -0.386. The van der Waals surface area contributed by atoms with Crippen LogP contribution < -0.4 is 20.9 Å². The molecule has 16 heteroatoms. The van der Waals surface area contributed by atoms with E-state index < -0.39 is 88.0 Å². The predicted molar refractivity (Wildman–Crippen MR) is 130 cm³/mol.